The van der Waals surface area contributed by atoms with E-state index in [9.17, 15) is 18.4 Å². The Hall–Kier alpha value is -3.67. The minimum atomic E-state index is -2.92. The number of urea groups is 1. The number of aromatic nitrogens is 3. The normalized spacial score (nSPS) is 10.7. The molecule has 0 radical (unpaired) electrons. The molecule has 162 valence electrons. The molecule has 31 heavy (non-hydrogen) atoms. The molecule has 0 unspecified atom stereocenters. The van der Waals surface area contributed by atoms with Gasteiger partial charge in [-0.25, -0.2) is 9.47 Å². The van der Waals surface area contributed by atoms with Crippen molar-refractivity contribution >= 4 is 23.7 Å². The molecule has 0 saturated carbocycles. The number of nitrogen functional groups attached to an aromatic ring is 1. The van der Waals surface area contributed by atoms with Gasteiger partial charge in [0.05, 0.1) is 5.75 Å². The SMILES string of the molecule is Nn1c(SCC(=O)NC(=O)NCc2ccccc2)nnc1-c1ccc(OC(F)F)cc1. The van der Waals surface area contributed by atoms with Crippen molar-refractivity contribution < 1.29 is 23.1 Å². The van der Waals surface area contributed by atoms with Crippen LogP contribution in [0.5, 0.6) is 5.75 Å². The van der Waals surface area contributed by atoms with Crippen LogP contribution in [0.15, 0.2) is 59.8 Å². The highest BCUT2D eigenvalue weighted by atomic mass is 32.2. The van der Waals surface area contributed by atoms with Crippen molar-refractivity contribution in [3.63, 3.8) is 0 Å². The molecule has 3 rings (SSSR count). The number of thioether (sulfide) groups is 1. The highest BCUT2D eigenvalue weighted by Crippen LogP contribution is 2.24. The van der Waals surface area contributed by atoms with Gasteiger partial charge in [-0.15, -0.1) is 10.2 Å². The Morgan fingerprint density at radius 3 is 2.48 bits per heavy atom. The average Bonchev–Trinajstić information content (AvgIpc) is 3.12. The van der Waals surface area contributed by atoms with Crippen molar-refractivity contribution in [1.29, 1.82) is 0 Å². The van der Waals surface area contributed by atoms with Gasteiger partial charge in [-0.3, -0.25) is 10.1 Å². The third-order valence-electron chi connectivity index (χ3n) is 3.88. The minimum absolute atomic E-state index is 0.00125. The number of imide groups is 1. The highest BCUT2D eigenvalue weighted by molar-refractivity contribution is 7.99. The van der Waals surface area contributed by atoms with Crippen LogP contribution in [0.1, 0.15) is 5.56 Å². The summed E-state index contributed by atoms with van der Waals surface area (Å²) >= 11 is 0.987. The van der Waals surface area contributed by atoms with Gasteiger partial charge in [0.25, 0.3) is 0 Å². The molecule has 9 nitrogen and oxygen atoms in total. The fraction of sp³-hybridized carbons (Fsp3) is 0.158. The summed E-state index contributed by atoms with van der Waals surface area (Å²) in [6.45, 7) is -2.63. The summed E-state index contributed by atoms with van der Waals surface area (Å²) in [5.41, 5.74) is 1.42. The fourth-order valence-corrected chi connectivity index (χ4v) is 3.13. The zero-order valence-corrected chi connectivity index (χ0v) is 16.8. The minimum Gasteiger partial charge on any atom is -0.435 e. The molecular formula is C19H18F2N6O3S. The van der Waals surface area contributed by atoms with Crippen LogP contribution in [0, 0.1) is 0 Å². The van der Waals surface area contributed by atoms with Gasteiger partial charge in [0, 0.05) is 12.1 Å². The monoisotopic (exact) mass is 448 g/mol. The predicted molar refractivity (Wildman–Crippen MR) is 110 cm³/mol. The van der Waals surface area contributed by atoms with E-state index in [0.717, 1.165) is 22.0 Å². The maximum atomic E-state index is 12.2. The second-order valence-corrected chi connectivity index (χ2v) is 7.03. The average molecular weight is 448 g/mol. The van der Waals surface area contributed by atoms with Crippen molar-refractivity contribution in [2.45, 2.75) is 18.3 Å². The second kappa shape index (κ2) is 10.4. The van der Waals surface area contributed by atoms with E-state index < -0.39 is 18.5 Å². The van der Waals surface area contributed by atoms with E-state index in [-0.39, 0.29) is 29.0 Å². The number of nitrogens with zero attached hydrogens (tertiary/aromatic N) is 3. The van der Waals surface area contributed by atoms with Gasteiger partial charge in [-0.1, -0.05) is 42.1 Å². The maximum Gasteiger partial charge on any atom is 0.387 e. The zero-order valence-electron chi connectivity index (χ0n) is 16.0. The van der Waals surface area contributed by atoms with Gasteiger partial charge in [0.15, 0.2) is 5.82 Å². The fourth-order valence-electron chi connectivity index (χ4n) is 2.47. The van der Waals surface area contributed by atoms with E-state index in [2.05, 4.69) is 25.6 Å². The molecule has 3 aromatic rings. The predicted octanol–water partition coefficient (Wildman–Crippen LogP) is 2.38. The summed E-state index contributed by atoms with van der Waals surface area (Å²) in [7, 11) is 0. The molecule has 0 spiro atoms. The summed E-state index contributed by atoms with van der Waals surface area (Å²) in [6, 6.07) is 14.4. The molecule has 4 N–H and O–H groups in total. The molecule has 0 aliphatic heterocycles. The number of amides is 3. The smallest absolute Gasteiger partial charge is 0.387 e. The number of hydrogen-bond donors (Lipinski definition) is 3. The van der Waals surface area contributed by atoms with Gasteiger partial charge in [0.1, 0.15) is 5.75 Å². The Bertz CT molecular complexity index is 1030. The Morgan fingerprint density at radius 2 is 1.81 bits per heavy atom. The van der Waals surface area contributed by atoms with Gasteiger partial charge in [-0.05, 0) is 29.8 Å². The number of carbonyl (C=O) groups is 2. The van der Waals surface area contributed by atoms with Gasteiger partial charge >= 0.3 is 12.6 Å². The van der Waals surface area contributed by atoms with Crippen molar-refractivity contribution in [3.05, 3.63) is 60.2 Å². The topological polar surface area (TPSA) is 124 Å². The lowest BCUT2D eigenvalue weighted by atomic mass is 10.2. The lowest BCUT2D eigenvalue weighted by Crippen LogP contribution is -2.40. The van der Waals surface area contributed by atoms with E-state index in [4.69, 9.17) is 5.84 Å². The molecule has 0 fully saturated rings. The van der Waals surface area contributed by atoms with Crippen molar-refractivity contribution in [3.8, 4) is 17.1 Å². The molecule has 12 heteroatoms. The number of ether oxygens (including phenoxy) is 1. The molecule has 0 bridgehead atoms. The Kier molecular flexibility index (Phi) is 7.38. The Balaban J connectivity index is 1.50. The molecule has 0 atom stereocenters. The summed E-state index contributed by atoms with van der Waals surface area (Å²) in [5, 5.41) is 12.9. The number of benzene rings is 2. The first kappa shape index (κ1) is 22.0. The number of nitrogens with two attached hydrogens (primary N) is 1. The molecule has 0 aliphatic carbocycles. The third kappa shape index (κ3) is 6.40. The zero-order chi connectivity index (χ0) is 22.2. The van der Waals surface area contributed by atoms with E-state index >= 15 is 0 Å². The molecule has 0 aliphatic rings. The van der Waals surface area contributed by atoms with Crippen LogP contribution in [-0.2, 0) is 11.3 Å². The number of hydrogen-bond acceptors (Lipinski definition) is 7. The molecular weight excluding hydrogens is 430 g/mol. The van der Waals surface area contributed by atoms with E-state index in [1.165, 1.54) is 24.3 Å². The molecule has 2 aromatic carbocycles. The molecule has 1 heterocycles. The molecule has 1 aromatic heterocycles. The van der Waals surface area contributed by atoms with Crippen molar-refractivity contribution in [2.24, 2.45) is 0 Å². The van der Waals surface area contributed by atoms with Crippen LogP contribution in [-0.4, -0.2) is 39.2 Å². The summed E-state index contributed by atoms with van der Waals surface area (Å²) < 4.78 is 29.9. The second-order valence-electron chi connectivity index (χ2n) is 6.08. The van der Waals surface area contributed by atoms with Crippen molar-refractivity contribution in [1.82, 2.24) is 25.5 Å². The van der Waals surface area contributed by atoms with Crippen LogP contribution in [0.2, 0.25) is 0 Å². The molecule has 0 saturated heterocycles. The lowest BCUT2D eigenvalue weighted by molar-refractivity contribution is -0.117. The van der Waals surface area contributed by atoms with Crippen LogP contribution < -0.4 is 21.2 Å². The largest absolute Gasteiger partial charge is 0.435 e. The quantitative estimate of drug-likeness (QED) is 0.357. The number of rotatable bonds is 8. The van der Waals surface area contributed by atoms with Gasteiger partial charge < -0.3 is 15.9 Å². The third-order valence-corrected chi connectivity index (χ3v) is 4.83. The maximum absolute atomic E-state index is 12.2. The molecule has 3 amide bonds. The number of carbonyl (C=O) groups excluding carboxylic acids is 2. The summed E-state index contributed by atoms with van der Waals surface area (Å²) in [6.07, 6.45) is 0. The summed E-state index contributed by atoms with van der Waals surface area (Å²) in [5.74, 6) is 5.58. The van der Waals surface area contributed by atoms with Crippen LogP contribution in [0.4, 0.5) is 13.6 Å². The van der Waals surface area contributed by atoms with E-state index in [1.54, 1.807) is 0 Å². The van der Waals surface area contributed by atoms with Crippen LogP contribution in [0.3, 0.4) is 0 Å². The Morgan fingerprint density at radius 1 is 1.10 bits per heavy atom. The first-order valence-electron chi connectivity index (χ1n) is 8.92. The van der Waals surface area contributed by atoms with E-state index in [1.807, 2.05) is 30.3 Å². The number of alkyl halides is 2. The van der Waals surface area contributed by atoms with Gasteiger partial charge in [0.2, 0.25) is 11.1 Å². The first-order chi connectivity index (χ1) is 14.9. The van der Waals surface area contributed by atoms with Crippen molar-refractivity contribution in [2.75, 3.05) is 11.6 Å². The van der Waals surface area contributed by atoms with Gasteiger partial charge in [-0.2, -0.15) is 8.78 Å². The van der Waals surface area contributed by atoms with Crippen LogP contribution >= 0.6 is 11.8 Å². The number of halogens is 2. The van der Waals surface area contributed by atoms with Crippen LogP contribution in [0.25, 0.3) is 11.4 Å². The summed E-state index contributed by atoms with van der Waals surface area (Å²) in [4.78, 5) is 23.8. The van der Waals surface area contributed by atoms with E-state index in [0.29, 0.717) is 5.56 Å². The Labute approximate surface area is 179 Å². The standard InChI is InChI=1S/C19H18F2N6O3S/c20-17(21)30-14-8-6-13(7-9-14)16-25-26-19(27(16)22)31-11-15(28)24-18(29)23-10-12-4-2-1-3-5-12/h1-9,17H,10-11,22H2,(H2,23,24,28,29). The highest BCUT2D eigenvalue weighted by Gasteiger charge is 2.15. The first-order valence-corrected chi connectivity index (χ1v) is 9.91. The number of nitrogens with one attached hydrogen (secondary N) is 2. The lowest BCUT2D eigenvalue weighted by Gasteiger charge is -2.07.